The van der Waals surface area contributed by atoms with E-state index >= 15 is 0 Å². The summed E-state index contributed by atoms with van der Waals surface area (Å²) in [6.45, 7) is 0.0659. The maximum atomic E-state index is 12.8. The highest BCUT2D eigenvalue weighted by molar-refractivity contribution is 7.89. The molecule has 0 fully saturated rings. The van der Waals surface area contributed by atoms with Gasteiger partial charge in [0.25, 0.3) is 5.91 Å². The molecular formula is C16H15N2O5S-. The number of carboxylic acid groups (broad SMARTS) is 1. The first-order valence-corrected chi connectivity index (χ1v) is 8.79. The van der Waals surface area contributed by atoms with Crippen LogP contribution in [0.2, 0.25) is 0 Å². The molecule has 24 heavy (non-hydrogen) atoms. The molecule has 2 aromatic carbocycles. The van der Waals surface area contributed by atoms with Crippen LogP contribution in [0.15, 0.2) is 35.2 Å². The molecule has 0 unspecified atom stereocenters. The second kappa shape index (κ2) is 5.88. The molecule has 7 nitrogen and oxygen atoms in total. The van der Waals surface area contributed by atoms with E-state index in [1.54, 1.807) is 24.3 Å². The van der Waals surface area contributed by atoms with Gasteiger partial charge in [0.05, 0.1) is 4.90 Å². The molecule has 0 spiro atoms. The number of rotatable bonds is 6. The molecule has 0 atom stereocenters. The molecule has 0 saturated carbocycles. The van der Waals surface area contributed by atoms with E-state index in [0.717, 1.165) is 4.31 Å². The van der Waals surface area contributed by atoms with Crippen LogP contribution < -0.4 is 10.4 Å². The number of nitrogens with one attached hydrogen (secondary N) is 1. The van der Waals surface area contributed by atoms with Crippen LogP contribution in [-0.2, 0) is 14.8 Å². The van der Waals surface area contributed by atoms with Crippen molar-refractivity contribution in [1.82, 2.24) is 4.31 Å². The largest absolute Gasteiger partial charge is 0.550 e. The minimum absolute atomic E-state index is 0.0659. The minimum Gasteiger partial charge on any atom is -0.550 e. The number of hydrogen-bond donors (Lipinski definition) is 1. The van der Waals surface area contributed by atoms with Crippen molar-refractivity contribution in [3.05, 3.63) is 35.9 Å². The Morgan fingerprint density at radius 2 is 2.00 bits per heavy atom. The summed E-state index contributed by atoms with van der Waals surface area (Å²) in [5, 5.41) is 14.2. The zero-order valence-corrected chi connectivity index (χ0v) is 13.7. The SMILES string of the molecule is CN(CCCC(=O)[O-])S(=O)(=O)c1ccc2c3c(cccc13)C(=O)N2. The van der Waals surface area contributed by atoms with E-state index in [4.69, 9.17) is 0 Å². The molecule has 0 aliphatic carbocycles. The predicted octanol–water partition coefficient (Wildman–Crippen LogP) is 0.556. The monoisotopic (exact) mass is 347 g/mol. The van der Waals surface area contributed by atoms with Crippen LogP contribution in [0.4, 0.5) is 5.69 Å². The second-order valence-electron chi connectivity index (χ2n) is 5.60. The fourth-order valence-electron chi connectivity index (χ4n) is 2.82. The molecule has 1 aliphatic rings. The number of amides is 1. The Hall–Kier alpha value is -2.45. The number of nitrogens with zero attached hydrogens (tertiary/aromatic N) is 1. The van der Waals surface area contributed by atoms with E-state index in [9.17, 15) is 23.1 Å². The van der Waals surface area contributed by atoms with E-state index < -0.39 is 16.0 Å². The second-order valence-corrected chi connectivity index (χ2v) is 7.61. The molecule has 8 heteroatoms. The highest BCUT2D eigenvalue weighted by Gasteiger charge is 2.28. The van der Waals surface area contributed by atoms with Crippen LogP contribution in [0.5, 0.6) is 0 Å². The van der Waals surface area contributed by atoms with Crippen LogP contribution >= 0.6 is 0 Å². The van der Waals surface area contributed by atoms with Gasteiger partial charge in [0.1, 0.15) is 0 Å². The highest BCUT2D eigenvalue weighted by Crippen LogP contribution is 2.37. The van der Waals surface area contributed by atoms with Gasteiger partial charge in [-0.15, -0.1) is 0 Å². The predicted molar refractivity (Wildman–Crippen MR) is 86.0 cm³/mol. The van der Waals surface area contributed by atoms with Crippen molar-refractivity contribution in [1.29, 1.82) is 0 Å². The molecule has 0 aromatic heterocycles. The van der Waals surface area contributed by atoms with Crippen molar-refractivity contribution in [3.63, 3.8) is 0 Å². The molecule has 1 aliphatic heterocycles. The summed E-state index contributed by atoms with van der Waals surface area (Å²) in [5.41, 5.74) is 1.03. The summed E-state index contributed by atoms with van der Waals surface area (Å²) in [4.78, 5) is 22.5. The Balaban J connectivity index is 2.02. The number of sulfonamides is 1. The van der Waals surface area contributed by atoms with E-state index in [-0.39, 0.29) is 30.2 Å². The maximum absolute atomic E-state index is 12.8. The van der Waals surface area contributed by atoms with Gasteiger partial charge in [-0.2, -0.15) is 0 Å². The van der Waals surface area contributed by atoms with Crippen molar-refractivity contribution in [3.8, 4) is 0 Å². The average Bonchev–Trinajstić information content (AvgIpc) is 2.85. The fourth-order valence-corrected chi connectivity index (χ4v) is 4.22. The number of benzene rings is 2. The van der Waals surface area contributed by atoms with Gasteiger partial charge in [-0.1, -0.05) is 12.1 Å². The number of carbonyl (C=O) groups excluding carboxylic acids is 2. The number of hydrogen-bond acceptors (Lipinski definition) is 5. The molecule has 0 saturated heterocycles. The number of aliphatic carboxylic acids is 1. The van der Waals surface area contributed by atoms with Crippen LogP contribution in [0, 0.1) is 0 Å². The Morgan fingerprint density at radius 1 is 1.25 bits per heavy atom. The molecule has 1 heterocycles. The molecule has 1 amide bonds. The average molecular weight is 347 g/mol. The zero-order valence-electron chi connectivity index (χ0n) is 12.9. The summed E-state index contributed by atoms with van der Waals surface area (Å²) in [6, 6.07) is 7.97. The van der Waals surface area contributed by atoms with Gasteiger partial charge < -0.3 is 15.2 Å². The van der Waals surface area contributed by atoms with E-state index in [2.05, 4.69) is 5.32 Å². The zero-order chi connectivity index (χ0) is 17.5. The summed E-state index contributed by atoms with van der Waals surface area (Å²) in [6.07, 6.45) is -0.0402. The third-order valence-electron chi connectivity index (χ3n) is 4.04. The fraction of sp³-hybridized carbons (Fsp3) is 0.250. The van der Waals surface area contributed by atoms with Crippen LogP contribution in [0.1, 0.15) is 23.2 Å². The van der Waals surface area contributed by atoms with Gasteiger partial charge in [0, 0.05) is 41.6 Å². The Labute approximate surface area is 138 Å². The maximum Gasteiger partial charge on any atom is 0.256 e. The van der Waals surface area contributed by atoms with Crippen LogP contribution in [-0.4, -0.2) is 38.2 Å². The first-order chi connectivity index (χ1) is 11.3. The van der Waals surface area contributed by atoms with Gasteiger partial charge in [0.2, 0.25) is 10.0 Å². The van der Waals surface area contributed by atoms with Crippen molar-refractivity contribution in [2.24, 2.45) is 0 Å². The molecule has 2 aromatic rings. The van der Waals surface area contributed by atoms with Gasteiger partial charge in [0.15, 0.2) is 0 Å². The van der Waals surface area contributed by atoms with Gasteiger partial charge in [-0.05, 0) is 31.0 Å². The van der Waals surface area contributed by atoms with E-state index in [1.807, 2.05) is 0 Å². The minimum atomic E-state index is -3.81. The number of carboxylic acids is 1. The summed E-state index contributed by atoms with van der Waals surface area (Å²) in [5.74, 6) is -1.47. The van der Waals surface area contributed by atoms with Gasteiger partial charge >= 0.3 is 0 Å². The lowest BCUT2D eigenvalue weighted by molar-refractivity contribution is -0.305. The lowest BCUT2D eigenvalue weighted by Crippen LogP contribution is -2.30. The Morgan fingerprint density at radius 3 is 2.71 bits per heavy atom. The quantitative estimate of drug-likeness (QED) is 0.821. The standard InChI is InChI=1S/C16H16N2O5S/c1-18(9-3-6-14(19)20)24(22,23)13-8-7-12-15-10(13)4-2-5-11(15)16(21)17-12/h2,4-5,7-8H,3,6,9H2,1H3,(H,17,21)(H,19,20)/p-1. The normalized spacial score (nSPS) is 13.5. The Bertz CT molecular complexity index is 952. The van der Waals surface area contributed by atoms with E-state index in [1.165, 1.54) is 13.1 Å². The third kappa shape index (κ3) is 2.63. The Kier molecular flexibility index (Phi) is 4.02. The summed E-state index contributed by atoms with van der Waals surface area (Å²) in [7, 11) is -2.41. The number of carbonyl (C=O) groups is 2. The van der Waals surface area contributed by atoms with Gasteiger partial charge in [-0.25, -0.2) is 12.7 Å². The smallest absolute Gasteiger partial charge is 0.256 e. The van der Waals surface area contributed by atoms with Crippen molar-refractivity contribution >= 4 is 38.4 Å². The lowest BCUT2D eigenvalue weighted by atomic mass is 10.1. The molecular weight excluding hydrogens is 332 g/mol. The highest BCUT2D eigenvalue weighted by atomic mass is 32.2. The first kappa shape index (κ1) is 16.4. The molecule has 1 N–H and O–H groups in total. The molecule has 0 radical (unpaired) electrons. The van der Waals surface area contributed by atoms with Crippen molar-refractivity contribution < 1.29 is 23.1 Å². The summed E-state index contributed by atoms with van der Waals surface area (Å²) >= 11 is 0. The molecule has 126 valence electrons. The molecule has 0 bridgehead atoms. The third-order valence-corrected chi connectivity index (χ3v) is 5.95. The lowest BCUT2D eigenvalue weighted by Gasteiger charge is -2.18. The van der Waals surface area contributed by atoms with Gasteiger partial charge in [-0.3, -0.25) is 4.79 Å². The van der Waals surface area contributed by atoms with Crippen LogP contribution in [0.3, 0.4) is 0 Å². The summed E-state index contributed by atoms with van der Waals surface area (Å²) < 4.78 is 26.7. The number of anilines is 1. The van der Waals surface area contributed by atoms with Crippen molar-refractivity contribution in [2.45, 2.75) is 17.7 Å². The first-order valence-electron chi connectivity index (χ1n) is 7.35. The van der Waals surface area contributed by atoms with E-state index in [0.29, 0.717) is 22.0 Å². The van der Waals surface area contributed by atoms with Crippen molar-refractivity contribution in [2.75, 3.05) is 18.9 Å². The van der Waals surface area contributed by atoms with Crippen LogP contribution in [0.25, 0.3) is 10.8 Å². The topological polar surface area (TPSA) is 107 Å². The molecule has 3 rings (SSSR count).